The van der Waals surface area contributed by atoms with Crippen molar-refractivity contribution < 1.29 is 4.79 Å². The number of ketones is 1. The van der Waals surface area contributed by atoms with Crippen LogP contribution < -0.4 is 0 Å². The third-order valence-electron chi connectivity index (χ3n) is 2.90. The number of rotatable bonds is 1. The summed E-state index contributed by atoms with van der Waals surface area (Å²) < 4.78 is 0. The van der Waals surface area contributed by atoms with Crippen LogP contribution in [0.4, 0.5) is 0 Å². The van der Waals surface area contributed by atoms with Gasteiger partial charge in [-0.1, -0.05) is 0 Å². The molecular weight excluding hydrogens is 176 g/mol. The maximum Gasteiger partial charge on any atom is 0.161 e. The molecule has 2 heterocycles. The van der Waals surface area contributed by atoms with Crippen molar-refractivity contribution in [2.75, 3.05) is 13.6 Å². The third kappa shape index (κ3) is 1.38. The maximum absolute atomic E-state index is 11.5. The normalized spacial score (nSPS) is 16.8. The molecule has 0 radical (unpaired) electrons. The maximum atomic E-state index is 11.5. The van der Waals surface area contributed by atoms with E-state index in [9.17, 15) is 4.79 Å². The van der Waals surface area contributed by atoms with E-state index < -0.39 is 0 Å². The highest BCUT2D eigenvalue weighted by Gasteiger charge is 2.22. The molecule has 76 valence electrons. The lowest BCUT2D eigenvalue weighted by Crippen LogP contribution is -2.26. The Bertz CT molecular complexity index is 379. The molecule has 0 atom stereocenters. The summed E-state index contributed by atoms with van der Waals surface area (Å²) in [6, 6.07) is 0. The molecule has 1 N–H and O–H groups in total. The molecule has 1 aromatic rings. The fourth-order valence-electron chi connectivity index (χ4n) is 2.26. The zero-order valence-corrected chi connectivity index (χ0v) is 8.98. The van der Waals surface area contributed by atoms with Gasteiger partial charge >= 0.3 is 0 Å². The van der Waals surface area contributed by atoms with E-state index in [2.05, 4.69) is 16.9 Å². The first kappa shape index (κ1) is 9.46. The summed E-state index contributed by atoms with van der Waals surface area (Å²) in [4.78, 5) is 17.0. The van der Waals surface area contributed by atoms with Crippen LogP contribution in [0.25, 0.3) is 0 Å². The lowest BCUT2D eigenvalue weighted by atomic mass is 10.0. The van der Waals surface area contributed by atoms with Crippen LogP contribution in [0.2, 0.25) is 0 Å². The molecule has 0 unspecified atom stereocenters. The Labute approximate surface area is 84.1 Å². The van der Waals surface area contributed by atoms with Gasteiger partial charge in [-0.15, -0.1) is 0 Å². The predicted molar refractivity (Wildman–Crippen MR) is 55.6 cm³/mol. The number of H-pyrrole nitrogens is 1. The van der Waals surface area contributed by atoms with Gasteiger partial charge in [0, 0.05) is 36.5 Å². The summed E-state index contributed by atoms with van der Waals surface area (Å²) in [6.07, 6.45) is 1.03. The lowest BCUT2D eigenvalue weighted by Gasteiger charge is -2.22. The van der Waals surface area contributed by atoms with Crippen molar-refractivity contribution in [1.29, 1.82) is 0 Å². The Morgan fingerprint density at radius 3 is 2.86 bits per heavy atom. The topological polar surface area (TPSA) is 36.1 Å². The summed E-state index contributed by atoms with van der Waals surface area (Å²) in [7, 11) is 2.09. The van der Waals surface area contributed by atoms with Gasteiger partial charge < -0.3 is 9.88 Å². The number of carbonyl (C=O) groups is 1. The Hall–Kier alpha value is -1.09. The molecule has 2 rings (SSSR count). The molecule has 0 aromatic carbocycles. The number of Topliss-reactive ketones (excluding diaryl/α,β-unsaturated/α-hetero) is 1. The van der Waals surface area contributed by atoms with E-state index >= 15 is 0 Å². The van der Waals surface area contributed by atoms with E-state index in [4.69, 9.17) is 0 Å². The highest BCUT2D eigenvalue weighted by atomic mass is 16.1. The smallest absolute Gasteiger partial charge is 0.161 e. The summed E-state index contributed by atoms with van der Waals surface area (Å²) >= 11 is 0. The second kappa shape index (κ2) is 3.24. The minimum Gasteiger partial charge on any atom is -0.362 e. The standard InChI is InChI=1S/C11H16N2O/c1-7-11(8(2)14)9-6-13(3)5-4-10(9)12-7/h12H,4-6H2,1-3H3. The van der Waals surface area contributed by atoms with Crippen LogP contribution >= 0.6 is 0 Å². The van der Waals surface area contributed by atoms with Crippen molar-refractivity contribution in [3.63, 3.8) is 0 Å². The van der Waals surface area contributed by atoms with Gasteiger partial charge in [-0.3, -0.25) is 4.79 Å². The monoisotopic (exact) mass is 192 g/mol. The number of nitrogens with zero attached hydrogens (tertiary/aromatic N) is 1. The van der Waals surface area contributed by atoms with Crippen molar-refractivity contribution in [3.05, 3.63) is 22.5 Å². The van der Waals surface area contributed by atoms with Crippen molar-refractivity contribution in [2.24, 2.45) is 0 Å². The van der Waals surface area contributed by atoms with E-state index in [0.29, 0.717) is 0 Å². The van der Waals surface area contributed by atoms with Crippen molar-refractivity contribution >= 4 is 5.78 Å². The first-order valence-electron chi connectivity index (χ1n) is 4.99. The summed E-state index contributed by atoms with van der Waals surface area (Å²) in [6.45, 7) is 5.60. The molecule has 1 aromatic heterocycles. The second-order valence-electron chi connectivity index (χ2n) is 4.13. The number of hydrogen-bond donors (Lipinski definition) is 1. The van der Waals surface area contributed by atoms with Gasteiger partial charge in [0.25, 0.3) is 0 Å². The average molecular weight is 192 g/mol. The van der Waals surface area contributed by atoms with Crippen LogP contribution in [0, 0.1) is 6.92 Å². The number of fused-ring (bicyclic) bond motifs is 1. The van der Waals surface area contributed by atoms with Crippen LogP contribution in [0.3, 0.4) is 0 Å². The van der Waals surface area contributed by atoms with Gasteiger partial charge in [0.05, 0.1) is 0 Å². The van der Waals surface area contributed by atoms with Crippen LogP contribution in [0.5, 0.6) is 0 Å². The van der Waals surface area contributed by atoms with Crippen molar-refractivity contribution in [1.82, 2.24) is 9.88 Å². The SMILES string of the molecule is CC(=O)c1c(C)[nH]c2c1CN(C)CC2. The van der Waals surface area contributed by atoms with Gasteiger partial charge in [-0.25, -0.2) is 0 Å². The second-order valence-corrected chi connectivity index (χ2v) is 4.13. The van der Waals surface area contributed by atoms with Crippen LogP contribution in [0.1, 0.15) is 34.2 Å². The number of aromatic nitrogens is 1. The quantitative estimate of drug-likeness (QED) is 0.685. The van der Waals surface area contributed by atoms with E-state index in [-0.39, 0.29) is 5.78 Å². The van der Waals surface area contributed by atoms with E-state index in [1.165, 1.54) is 11.3 Å². The summed E-state index contributed by atoms with van der Waals surface area (Å²) in [5, 5.41) is 0. The fraction of sp³-hybridized carbons (Fsp3) is 0.545. The molecule has 3 heteroatoms. The molecule has 1 aliphatic heterocycles. The molecule has 0 aliphatic carbocycles. The molecule has 0 amide bonds. The molecule has 3 nitrogen and oxygen atoms in total. The Morgan fingerprint density at radius 2 is 2.21 bits per heavy atom. The molecule has 0 saturated carbocycles. The molecule has 0 bridgehead atoms. The molecule has 0 fully saturated rings. The van der Waals surface area contributed by atoms with Gasteiger partial charge in [-0.2, -0.15) is 0 Å². The van der Waals surface area contributed by atoms with E-state index in [1.54, 1.807) is 6.92 Å². The third-order valence-corrected chi connectivity index (χ3v) is 2.90. The first-order valence-corrected chi connectivity index (χ1v) is 4.99. The van der Waals surface area contributed by atoms with E-state index in [1.807, 2.05) is 6.92 Å². The number of aromatic amines is 1. The Morgan fingerprint density at radius 1 is 1.50 bits per heavy atom. The molecule has 0 spiro atoms. The van der Waals surface area contributed by atoms with Gasteiger partial charge in [-0.05, 0) is 26.5 Å². The predicted octanol–water partition coefficient (Wildman–Crippen LogP) is 1.51. The molecule has 14 heavy (non-hydrogen) atoms. The van der Waals surface area contributed by atoms with Crippen LogP contribution in [0.15, 0.2) is 0 Å². The van der Waals surface area contributed by atoms with Crippen molar-refractivity contribution in [2.45, 2.75) is 26.8 Å². The number of hydrogen-bond acceptors (Lipinski definition) is 2. The van der Waals surface area contributed by atoms with Crippen LogP contribution in [-0.2, 0) is 13.0 Å². The zero-order chi connectivity index (χ0) is 10.3. The Kier molecular flexibility index (Phi) is 2.19. The van der Waals surface area contributed by atoms with Gasteiger partial charge in [0.15, 0.2) is 5.78 Å². The Balaban J connectivity index is 2.50. The van der Waals surface area contributed by atoms with Gasteiger partial charge in [0.1, 0.15) is 0 Å². The highest BCUT2D eigenvalue weighted by molar-refractivity contribution is 5.97. The number of aryl methyl sites for hydroxylation is 1. The fourth-order valence-corrected chi connectivity index (χ4v) is 2.26. The van der Waals surface area contributed by atoms with Crippen molar-refractivity contribution in [3.8, 4) is 0 Å². The molecule has 1 aliphatic rings. The minimum absolute atomic E-state index is 0.176. The minimum atomic E-state index is 0.176. The number of likely N-dealkylation sites (N-methyl/N-ethyl adjacent to an activating group) is 1. The van der Waals surface area contributed by atoms with Crippen LogP contribution in [-0.4, -0.2) is 29.3 Å². The summed E-state index contributed by atoms with van der Waals surface area (Å²) in [5.41, 5.74) is 4.40. The first-order chi connectivity index (χ1) is 6.59. The zero-order valence-electron chi connectivity index (χ0n) is 8.98. The summed E-state index contributed by atoms with van der Waals surface area (Å²) in [5.74, 6) is 0.176. The largest absolute Gasteiger partial charge is 0.362 e. The van der Waals surface area contributed by atoms with Gasteiger partial charge in [0.2, 0.25) is 0 Å². The lowest BCUT2D eigenvalue weighted by molar-refractivity contribution is 0.101. The molecule has 0 saturated heterocycles. The number of nitrogens with one attached hydrogen (secondary N) is 1. The average Bonchev–Trinajstić information content (AvgIpc) is 2.40. The highest BCUT2D eigenvalue weighted by Crippen LogP contribution is 2.24. The number of carbonyl (C=O) groups excluding carboxylic acids is 1. The molecular formula is C11H16N2O. The van der Waals surface area contributed by atoms with E-state index in [0.717, 1.165) is 30.8 Å².